The van der Waals surface area contributed by atoms with Gasteiger partial charge in [0.2, 0.25) is 0 Å². The van der Waals surface area contributed by atoms with E-state index in [0.717, 1.165) is 17.7 Å². The van der Waals surface area contributed by atoms with Crippen LogP contribution in [0.3, 0.4) is 0 Å². The van der Waals surface area contributed by atoms with E-state index in [9.17, 15) is 14.7 Å². The van der Waals surface area contributed by atoms with Gasteiger partial charge in [0.05, 0.1) is 5.56 Å². The summed E-state index contributed by atoms with van der Waals surface area (Å²) >= 11 is 1.29. The lowest BCUT2D eigenvalue weighted by Crippen LogP contribution is -2.36. The van der Waals surface area contributed by atoms with Crippen LogP contribution < -0.4 is 10.6 Å². The third kappa shape index (κ3) is 5.04. The van der Waals surface area contributed by atoms with E-state index < -0.39 is 5.97 Å². The number of hydrogen-bond donors (Lipinski definition) is 3. The van der Waals surface area contributed by atoms with Crippen LogP contribution in [-0.2, 0) is 0 Å². The third-order valence-electron chi connectivity index (χ3n) is 3.38. The SMILES string of the molecule is Cc1sc(NC(=O)NC(C)CCC(C)C)c(C(=O)O)c1C. The summed E-state index contributed by atoms with van der Waals surface area (Å²) in [6.45, 7) is 9.83. The first-order valence-electron chi connectivity index (χ1n) is 7.13. The molecule has 118 valence electrons. The van der Waals surface area contributed by atoms with E-state index in [1.165, 1.54) is 11.3 Å². The maximum absolute atomic E-state index is 12.0. The van der Waals surface area contributed by atoms with E-state index in [0.29, 0.717) is 16.5 Å². The van der Waals surface area contributed by atoms with E-state index in [4.69, 9.17) is 0 Å². The van der Waals surface area contributed by atoms with Gasteiger partial charge >= 0.3 is 12.0 Å². The van der Waals surface area contributed by atoms with Crippen molar-refractivity contribution in [1.82, 2.24) is 5.32 Å². The van der Waals surface area contributed by atoms with Gasteiger partial charge in [0, 0.05) is 10.9 Å². The number of aryl methyl sites for hydroxylation is 1. The number of carboxylic acids is 1. The number of amides is 2. The lowest BCUT2D eigenvalue weighted by atomic mass is 10.0. The average molecular weight is 312 g/mol. The molecule has 0 saturated carbocycles. The summed E-state index contributed by atoms with van der Waals surface area (Å²) in [5.74, 6) is -0.418. The molecule has 1 aromatic heterocycles. The van der Waals surface area contributed by atoms with Gasteiger partial charge in [-0.15, -0.1) is 11.3 Å². The van der Waals surface area contributed by atoms with Crippen LogP contribution in [0, 0.1) is 19.8 Å². The van der Waals surface area contributed by atoms with Crippen LogP contribution in [0.4, 0.5) is 9.80 Å². The number of aromatic carboxylic acids is 1. The van der Waals surface area contributed by atoms with E-state index in [2.05, 4.69) is 24.5 Å². The summed E-state index contributed by atoms with van der Waals surface area (Å²) in [7, 11) is 0. The number of urea groups is 1. The Bertz CT molecular complexity index is 523. The maximum atomic E-state index is 12.0. The highest BCUT2D eigenvalue weighted by atomic mass is 32.1. The lowest BCUT2D eigenvalue weighted by molar-refractivity contribution is 0.0697. The van der Waals surface area contributed by atoms with Crippen molar-refractivity contribution in [2.24, 2.45) is 5.92 Å². The fraction of sp³-hybridized carbons (Fsp3) is 0.600. The quantitative estimate of drug-likeness (QED) is 0.742. The van der Waals surface area contributed by atoms with E-state index in [1.54, 1.807) is 6.92 Å². The van der Waals surface area contributed by atoms with Gasteiger partial charge < -0.3 is 10.4 Å². The zero-order valence-electron chi connectivity index (χ0n) is 13.2. The minimum atomic E-state index is -1.01. The Kier molecular flexibility index (Phi) is 6.20. The van der Waals surface area contributed by atoms with Crippen molar-refractivity contribution in [3.8, 4) is 0 Å². The molecule has 1 rings (SSSR count). The Morgan fingerprint density at radius 3 is 2.33 bits per heavy atom. The molecule has 0 aliphatic heterocycles. The van der Waals surface area contributed by atoms with Gasteiger partial charge in [-0.2, -0.15) is 0 Å². The number of thiophene rings is 1. The summed E-state index contributed by atoms with van der Waals surface area (Å²) in [4.78, 5) is 24.1. The minimum absolute atomic E-state index is 0.0582. The van der Waals surface area contributed by atoms with Gasteiger partial charge in [0.1, 0.15) is 5.00 Å². The molecule has 1 atom stereocenters. The molecule has 5 nitrogen and oxygen atoms in total. The highest BCUT2D eigenvalue weighted by Gasteiger charge is 2.20. The fourth-order valence-corrected chi connectivity index (χ4v) is 3.04. The molecule has 0 spiro atoms. The van der Waals surface area contributed by atoms with Crippen LogP contribution in [-0.4, -0.2) is 23.1 Å². The van der Waals surface area contributed by atoms with Crippen molar-refractivity contribution < 1.29 is 14.7 Å². The Morgan fingerprint density at radius 2 is 1.81 bits per heavy atom. The molecule has 0 fully saturated rings. The summed E-state index contributed by atoms with van der Waals surface area (Å²) in [5.41, 5.74) is 0.887. The first-order valence-corrected chi connectivity index (χ1v) is 7.94. The average Bonchev–Trinajstić information content (AvgIpc) is 2.61. The fourth-order valence-electron chi connectivity index (χ4n) is 1.99. The molecule has 3 N–H and O–H groups in total. The zero-order chi connectivity index (χ0) is 16.2. The summed E-state index contributed by atoms with van der Waals surface area (Å²) in [5, 5.41) is 15.1. The van der Waals surface area contributed by atoms with Crippen LogP contribution in [0.1, 0.15) is 54.4 Å². The van der Waals surface area contributed by atoms with Crippen molar-refractivity contribution in [2.75, 3.05) is 5.32 Å². The largest absolute Gasteiger partial charge is 0.478 e. The van der Waals surface area contributed by atoms with Crippen molar-refractivity contribution >= 4 is 28.3 Å². The summed E-state index contributed by atoms with van der Waals surface area (Å²) in [6, 6.07) is -0.294. The Morgan fingerprint density at radius 1 is 1.19 bits per heavy atom. The van der Waals surface area contributed by atoms with Gasteiger partial charge in [-0.1, -0.05) is 13.8 Å². The number of anilines is 1. The van der Waals surface area contributed by atoms with Crippen molar-refractivity contribution in [3.05, 3.63) is 16.0 Å². The zero-order valence-corrected chi connectivity index (χ0v) is 14.1. The number of carbonyl (C=O) groups excluding carboxylic acids is 1. The first-order chi connectivity index (χ1) is 9.72. The topological polar surface area (TPSA) is 78.4 Å². The van der Waals surface area contributed by atoms with Crippen LogP contribution in [0.5, 0.6) is 0 Å². The first kappa shape index (κ1) is 17.5. The molecular weight excluding hydrogens is 288 g/mol. The van der Waals surface area contributed by atoms with Gasteiger partial charge in [-0.25, -0.2) is 9.59 Å². The number of carboxylic acid groups (broad SMARTS) is 1. The van der Waals surface area contributed by atoms with Crippen molar-refractivity contribution in [2.45, 2.75) is 53.5 Å². The van der Waals surface area contributed by atoms with Crippen molar-refractivity contribution in [1.29, 1.82) is 0 Å². The highest BCUT2D eigenvalue weighted by molar-refractivity contribution is 7.16. The second-order valence-electron chi connectivity index (χ2n) is 5.76. The second kappa shape index (κ2) is 7.45. The van der Waals surface area contributed by atoms with Crippen LogP contribution in [0.2, 0.25) is 0 Å². The van der Waals surface area contributed by atoms with E-state index in [1.807, 2.05) is 13.8 Å². The summed E-state index contributed by atoms with van der Waals surface area (Å²) < 4.78 is 0. The Labute approximate surface area is 129 Å². The van der Waals surface area contributed by atoms with Gasteiger partial charge in [-0.05, 0) is 45.1 Å². The molecule has 6 heteroatoms. The number of rotatable bonds is 6. The molecule has 21 heavy (non-hydrogen) atoms. The van der Waals surface area contributed by atoms with Crippen molar-refractivity contribution in [3.63, 3.8) is 0 Å². The molecule has 1 heterocycles. The molecule has 0 aliphatic carbocycles. The molecule has 0 aromatic carbocycles. The molecule has 2 amide bonds. The van der Waals surface area contributed by atoms with Gasteiger partial charge in [-0.3, -0.25) is 5.32 Å². The highest BCUT2D eigenvalue weighted by Crippen LogP contribution is 2.32. The van der Waals surface area contributed by atoms with E-state index >= 15 is 0 Å². The molecular formula is C15H24N2O3S. The Balaban J connectivity index is 2.67. The lowest BCUT2D eigenvalue weighted by Gasteiger charge is -2.15. The Hall–Kier alpha value is -1.56. The monoisotopic (exact) mass is 312 g/mol. The number of carbonyl (C=O) groups is 2. The number of nitrogens with one attached hydrogen (secondary N) is 2. The van der Waals surface area contributed by atoms with Gasteiger partial charge in [0.25, 0.3) is 0 Å². The standard InChI is InChI=1S/C15H24N2O3S/c1-8(2)6-7-9(3)16-15(20)17-13-12(14(18)19)10(4)11(5)21-13/h8-9H,6-7H2,1-5H3,(H,18,19)(H2,16,17,20). The molecule has 0 radical (unpaired) electrons. The third-order valence-corrected chi connectivity index (χ3v) is 4.50. The summed E-state index contributed by atoms with van der Waals surface area (Å²) in [6.07, 6.45) is 1.94. The van der Waals surface area contributed by atoms with Crippen LogP contribution in [0.25, 0.3) is 0 Å². The molecule has 1 aromatic rings. The van der Waals surface area contributed by atoms with Gasteiger partial charge in [0.15, 0.2) is 0 Å². The minimum Gasteiger partial charge on any atom is -0.478 e. The second-order valence-corrected chi connectivity index (χ2v) is 6.99. The van der Waals surface area contributed by atoms with Crippen LogP contribution in [0.15, 0.2) is 0 Å². The predicted molar refractivity (Wildman–Crippen MR) is 86.4 cm³/mol. The smallest absolute Gasteiger partial charge is 0.338 e. The van der Waals surface area contributed by atoms with E-state index in [-0.39, 0.29) is 17.6 Å². The van der Waals surface area contributed by atoms with Crippen LogP contribution >= 0.6 is 11.3 Å². The molecule has 0 saturated heterocycles. The molecule has 1 unspecified atom stereocenters. The number of hydrogen-bond acceptors (Lipinski definition) is 3. The normalized spacial score (nSPS) is 12.3. The predicted octanol–water partition coefficient (Wildman–Crippen LogP) is 4.01. The molecule has 0 bridgehead atoms. The maximum Gasteiger partial charge on any atom is 0.338 e. The molecule has 0 aliphatic rings.